The second-order valence-corrected chi connectivity index (χ2v) is 7.28. The molecular formula is C10H17N3O2S2. The van der Waals surface area contributed by atoms with Crippen molar-refractivity contribution in [1.82, 2.24) is 4.37 Å². The van der Waals surface area contributed by atoms with E-state index in [4.69, 9.17) is 5.73 Å². The molecule has 0 spiro atoms. The molecule has 2 rings (SSSR count). The number of nitrogens with zero attached hydrogens (tertiary/aromatic N) is 2. The minimum atomic E-state index is -3.27. The van der Waals surface area contributed by atoms with Crippen LogP contribution in [0.25, 0.3) is 0 Å². The molecule has 0 bridgehead atoms. The summed E-state index contributed by atoms with van der Waals surface area (Å²) >= 11 is 1.17. The lowest BCUT2D eigenvalue weighted by Gasteiger charge is -2.17. The number of nitrogens with two attached hydrogens (primary N) is 1. The van der Waals surface area contributed by atoms with Gasteiger partial charge >= 0.3 is 0 Å². The van der Waals surface area contributed by atoms with E-state index < -0.39 is 9.84 Å². The Balaban J connectivity index is 2.42. The van der Waals surface area contributed by atoms with E-state index in [1.54, 1.807) is 0 Å². The smallest absolute Gasteiger partial charge is 0.187 e. The molecule has 0 saturated heterocycles. The maximum absolute atomic E-state index is 12.3. The summed E-state index contributed by atoms with van der Waals surface area (Å²) in [6.07, 6.45) is 2.44. The molecular weight excluding hydrogens is 258 g/mol. The van der Waals surface area contributed by atoms with Gasteiger partial charge in [-0.15, -0.1) is 0 Å². The van der Waals surface area contributed by atoms with Gasteiger partial charge in [-0.05, 0) is 30.8 Å². The molecule has 7 heteroatoms. The second kappa shape index (κ2) is 4.45. The van der Waals surface area contributed by atoms with E-state index >= 15 is 0 Å². The lowest BCUT2D eigenvalue weighted by molar-refractivity contribution is 0.595. The Labute approximate surface area is 106 Å². The molecule has 5 nitrogen and oxygen atoms in total. The van der Waals surface area contributed by atoms with Gasteiger partial charge in [-0.1, -0.05) is 6.92 Å². The number of sulfone groups is 1. The zero-order valence-corrected chi connectivity index (χ0v) is 11.6. The summed E-state index contributed by atoms with van der Waals surface area (Å²) in [7, 11) is -1.39. The highest BCUT2D eigenvalue weighted by atomic mass is 32.2. The van der Waals surface area contributed by atoms with Crippen LogP contribution in [0.15, 0.2) is 4.90 Å². The Hall–Kier alpha value is -0.820. The van der Waals surface area contributed by atoms with Crippen molar-refractivity contribution in [2.45, 2.75) is 36.3 Å². The van der Waals surface area contributed by atoms with Crippen LogP contribution in [0, 0.1) is 0 Å². The summed E-state index contributed by atoms with van der Waals surface area (Å²) in [5.41, 5.74) is 5.72. The van der Waals surface area contributed by atoms with Gasteiger partial charge in [-0.25, -0.2) is 8.42 Å². The van der Waals surface area contributed by atoms with Crippen molar-refractivity contribution in [3.8, 4) is 0 Å². The van der Waals surface area contributed by atoms with E-state index in [0.29, 0.717) is 5.00 Å². The first kappa shape index (κ1) is 12.6. The molecule has 1 heterocycles. The van der Waals surface area contributed by atoms with Gasteiger partial charge in [0.1, 0.15) is 9.90 Å². The number of nitrogen functional groups attached to an aromatic ring is 1. The van der Waals surface area contributed by atoms with Crippen LogP contribution in [0.3, 0.4) is 0 Å². The molecule has 1 saturated carbocycles. The Morgan fingerprint density at radius 1 is 1.53 bits per heavy atom. The standard InChI is InChI=1S/C10H17N3O2S2/c1-3-6-13(2)10-8(9(11)12-16-10)17(14,15)7-4-5-7/h7H,3-6H2,1-2H3,(H2,11,12). The molecule has 1 aliphatic carbocycles. The molecule has 96 valence electrons. The van der Waals surface area contributed by atoms with Gasteiger partial charge in [0.05, 0.1) is 5.25 Å². The van der Waals surface area contributed by atoms with Crippen molar-refractivity contribution in [3.05, 3.63) is 0 Å². The highest BCUT2D eigenvalue weighted by Crippen LogP contribution is 2.42. The molecule has 1 aliphatic rings. The van der Waals surface area contributed by atoms with Crippen molar-refractivity contribution >= 4 is 32.2 Å². The number of hydrogen-bond acceptors (Lipinski definition) is 6. The summed E-state index contributed by atoms with van der Waals surface area (Å²) < 4.78 is 28.5. The summed E-state index contributed by atoms with van der Waals surface area (Å²) in [5.74, 6) is 0.153. The van der Waals surface area contributed by atoms with Gasteiger partial charge in [0.2, 0.25) is 0 Å². The molecule has 0 radical (unpaired) electrons. The predicted octanol–water partition coefficient (Wildman–Crippen LogP) is 1.51. The molecule has 0 unspecified atom stereocenters. The van der Waals surface area contributed by atoms with Crippen molar-refractivity contribution < 1.29 is 8.42 Å². The van der Waals surface area contributed by atoms with E-state index in [0.717, 1.165) is 25.8 Å². The number of anilines is 2. The van der Waals surface area contributed by atoms with Gasteiger partial charge in [-0.2, -0.15) is 4.37 Å². The van der Waals surface area contributed by atoms with Crippen LogP contribution in [-0.4, -0.2) is 31.6 Å². The second-order valence-electron chi connectivity index (χ2n) is 4.37. The lowest BCUT2D eigenvalue weighted by Crippen LogP contribution is -2.20. The molecule has 0 atom stereocenters. The molecule has 0 amide bonds. The normalized spacial score (nSPS) is 16.1. The largest absolute Gasteiger partial charge is 0.382 e. The van der Waals surface area contributed by atoms with E-state index in [9.17, 15) is 8.42 Å². The molecule has 17 heavy (non-hydrogen) atoms. The maximum Gasteiger partial charge on any atom is 0.187 e. The van der Waals surface area contributed by atoms with Crippen LogP contribution in [0.4, 0.5) is 10.8 Å². The Morgan fingerprint density at radius 2 is 2.18 bits per heavy atom. The molecule has 2 N–H and O–H groups in total. The Kier molecular flexibility index (Phi) is 3.31. The van der Waals surface area contributed by atoms with Crippen LogP contribution >= 0.6 is 11.5 Å². The number of aromatic nitrogens is 1. The van der Waals surface area contributed by atoms with Gasteiger partial charge in [0.15, 0.2) is 15.7 Å². The third kappa shape index (κ3) is 2.26. The minimum absolute atomic E-state index is 0.153. The van der Waals surface area contributed by atoms with Crippen LogP contribution in [0.2, 0.25) is 0 Å². The van der Waals surface area contributed by atoms with Crippen LogP contribution in [0.5, 0.6) is 0 Å². The van der Waals surface area contributed by atoms with Crippen molar-refractivity contribution in [3.63, 3.8) is 0 Å². The average molecular weight is 275 g/mol. The summed E-state index contributed by atoms with van der Waals surface area (Å²) in [6, 6.07) is 0. The van der Waals surface area contributed by atoms with Crippen LogP contribution in [0.1, 0.15) is 26.2 Å². The Bertz CT molecular complexity index is 506. The highest BCUT2D eigenvalue weighted by Gasteiger charge is 2.41. The summed E-state index contributed by atoms with van der Waals surface area (Å²) in [6.45, 7) is 2.85. The number of hydrogen-bond donors (Lipinski definition) is 1. The third-order valence-electron chi connectivity index (χ3n) is 2.81. The fraction of sp³-hybridized carbons (Fsp3) is 0.700. The third-order valence-corrected chi connectivity index (χ3v) is 6.24. The molecule has 1 aromatic rings. The van der Waals surface area contributed by atoms with Crippen LogP contribution in [-0.2, 0) is 9.84 Å². The van der Waals surface area contributed by atoms with Crippen molar-refractivity contribution in [1.29, 1.82) is 0 Å². The molecule has 1 fully saturated rings. The minimum Gasteiger partial charge on any atom is -0.382 e. The van der Waals surface area contributed by atoms with Crippen molar-refractivity contribution in [2.75, 3.05) is 24.2 Å². The quantitative estimate of drug-likeness (QED) is 0.881. The summed E-state index contributed by atoms with van der Waals surface area (Å²) in [5, 5.41) is 0.436. The highest BCUT2D eigenvalue weighted by molar-refractivity contribution is 7.92. The predicted molar refractivity (Wildman–Crippen MR) is 70.3 cm³/mol. The van der Waals surface area contributed by atoms with E-state index in [-0.39, 0.29) is 16.0 Å². The lowest BCUT2D eigenvalue weighted by atomic mass is 10.4. The summed E-state index contributed by atoms with van der Waals surface area (Å²) in [4.78, 5) is 2.17. The van der Waals surface area contributed by atoms with Crippen LogP contribution < -0.4 is 10.6 Å². The molecule has 0 aromatic carbocycles. The molecule has 1 aromatic heterocycles. The van der Waals surface area contributed by atoms with Crippen molar-refractivity contribution in [2.24, 2.45) is 0 Å². The fourth-order valence-corrected chi connectivity index (χ4v) is 4.82. The zero-order chi connectivity index (χ0) is 12.6. The van der Waals surface area contributed by atoms with Gasteiger partial charge in [0, 0.05) is 13.6 Å². The first-order valence-corrected chi connectivity index (χ1v) is 8.00. The van der Waals surface area contributed by atoms with E-state index in [1.165, 1.54) is 11.5 Å². The van der Waals surface area contributed by atoms with Gasteiger partial charge in [0.25, 0.3) is 0 Å². The first-order valence-electron chi connectivity index (χ1n) is 5.68. The zero-order valence-electron chi connectivity index (χ0n) is 10.0. The SMILES string of the molecule is CCCN(C)c1snc(N)c1S(=O)(=O)C1CC1. The van der Waals surface area contributed by atoms with E-state index in [2.05, 4.69) is 11.3 Å². The molecule has 0 aliphatic heterocycles. The average Bonchev–Trinajstić information content (AvgIpc) is 3.02. The number of rotatable bonds is 5. The maximum atomic E-state index is 12.3. The topological polar surface area (TPSA) is 76.3 Å². The monoisotopic (exact) mass is 275 g/mol. The van der Waals surface area contributed by atoms with Gasteiger partial charge in [-0.3, -0.25) is 0 Å². The van der Waals surface area contributed by atoms with E-state index in [1.807, 2.05) is 11.9 Å². The first-order chi connectivity index (χ1) is 7.98. The fourth-order valence-electron chi connectivity index (χ4n) is 1.78. The Morgan fingerprint density at radius 3 is 2.71 bits per heavy atom. The van der Waals surface area contributed by atoms with Gasteiger partial charge < -0.3 is 10.6 Å².